The van der Waals surface area contributed by atoms with Crippen molar-refractivity contribution >= 4 is 65.7 Å². The standard InChI is InChI=1S/C68H45NO.C56H37NO/c1-4-12-46(13-5-1)48-22-26-50(27-23-48)52-30-32-54(33-31-52)58-40-43-66-64(44-58)65(57-36-34-53(35-37-57)51-28-24-49(25-29-51)47-14-6-2-7-15-47)45-69(66)59-41-38-56(39-42-59)61-19-11-21-63-62-20-10-18-60(67(62)70-68(61)63)55-16-8-3-9-17-55;1-4-10-38(11-5-1)41-16-18-43(19-17-41)46-26-31-54-50(34-46)53(45-22-20-42(21-23-45)39-12-6-2-7-13-39)37-57(54)49-29-24-44(25-30-49)48-28-33-56-52(36-48)51-35-47(27-32-55(51)58-56)40-14-8-3-9-15-40/h1-45H;1-37H. The second kappa shape index (κ2) is 33.0. The highest BCUT2D eigenvalue weighted by Gasteiger charge is 2.21. The summed E-state index contributed by atoms with van der Waals surface area (Å²) in [6, 6.07) is 174. The van der Waals surface area contributed by atoms with Gasteiger partial charge in [0, 0.05) is 78.3 Å². The van der Waals surface area contributed by atoms with Gasteiger partial charge in [0.05, 0.1) is 11.0 Å². The first kappa shape index (κ1) is 76.0. The molecule has 0 N–H and O–H groups in total. The summed E-state index contributed by atoms with van der Waals surface area (Å²) in [5.74, 6) is 0. The third-order valence-electron chi connectivity index (χ3n) is 25.4. The lowest BCUT2D eigenvalue weighted by atomic mass is 9.96. The van der Waals surface area contributed by atoms with Crippen molar-refractivity contribution in [1.82, 2.24) is 9.13 Å². The van der Waals surface area contributed by atoms with E-state index < -0.39 is 0 Å². The zero-order chi connectivity index (χ0) is 84.8. The van der Waals surface area contributed by atoms with Crippen LogP contribution < -0.4 is 0 Å². The second-order valence-corrected chi connectivity index (χ2v) is 33.0. The molecule has 0 saturated carbocycles. The SMILES string of the molecule is c1ccc(-c2ccc(-c3ccc(-c4ccc5c(c4)c(-c4ccc(-c6ccc(-c7ccccc7)cc6)cc4)cn5-c4ccc(-c5cccc6c5oc5c(-c7ccccc7)cccc56)cc4)cc3)cc2)cc1.c1ccc(-c2ccc(-c3ccc4c(c3)c(-c3ccc(-c5ccccc5)cc3)cn4-c3ccc(-c4ccc5oc6ccc(-c7ccccc7)cc6c5c4)cc3)cc2)cc1. The van der Waals surface area contributed by atoms with Crippen LogP contribution in [0.25, 0.3) is 233 Å². The third kappa shape index (κ3) is 14.6. The summed E-state index contributed by atoms with van der Waals surface area (Å²) in [7, 11) is 0. The van der Waals surface area contributed by atoms with Crippen LogP contribution in [0.1, 0.15) is 0 Å². The van der Waals surface area contributed by atoms with Crippen LogP contribution in [0.2, 0.25) is 0 Å². The number of para-hydroxylation sites is 2. The molecule has 0 atom stereocenters. The molecule has 4 heteroatoms. The smallest absolute Gasteiger partial charge is 0.143 e. The predicted octanol–water partition coefficient (Wildman–Crippen LogP) is 34.4. The Balaban J connectivity index is 0.000000149. The lowest BCUT2D eigenvalue weighted by molar-refractivity contribution is 0.669. The monoisotopic (exact) mass is 1630 g/mol. The molecule has 24 rings (SSSR count). The highest BCUT2D eigenvalue weighted by molar-refractivity contribution is 6.14. The summed E-state index contributed by atoms with van der Waals surface area (Å²) in [5.41, 5.74) is 41.3. The second-order valence-electron chi connectivity index (χ2n) is 33.0. The average molecular weight is 1630 g/mol. The van der Waals surface area contributed by atoms with E-state index in [-0.39, 0.29) is 0 Å². The molecule has 4 heterocycles. The maximum absolute atomic E-state index is 6.80. The fourth-order valence-corrected chi connectivity index (χ4v) is 18.6. The molecular weight excluding hydrogens is 1550 g/mol. The summed E-state index contributed by atoms with van der Waals surface area (Å²) in [6.45, 7) is 0. The zero-order valence-corrected chi connectivity index (χ0v) is 70.1. The van der Waals surface area contributed by atoms with Crippen molar-refractivity contribution in [3.05, 3.63) is 498 Å². The summed E-state index contributed by atoms with van der Waals surface area (Å²) >= 11 is 0. The number of furan rings is 2. The van der Waals surface area contributed by atoms with Crippen LogP contribution in [0.4, 0.5) is 0 Å². The predicted molar refractivity (Wildman–Crippen MR) is 537 cm³/mol. The Morgan fingerprint density at radius 2 is 0.344 bits per heavy atom. The highest BCUT2D eigenvalue weighted by atomic mass is 16.3. The van der Waals surface area contributed by atoms with Gasteiger partial charge in [-0.15, -0.1) is 0 Å². The molecule has 0 amide bonds. The summed E-state index contributed by atoms with van der Waals surface area (Å²) in [4.78, 5) is 0. The number of aromatic nitrogens is 2. The molecule has 4 aromatic heterocycles. The van der Waals surface area contributed by atoms with E-state index in [0.717, 1.165) is 94.1 Å². The van der Waals surface area contributed by atoms with Gasteiger partial charge in [0.15, 0.2) is 0 Å². The Bertz CT molecular complexity index is 8140. The largest absolute Gasteiger partial charge is 0.456 e. The topological polar surface area (TPSA) is 36.1 Å². The first-order valence-electron chi connectivity index (χ1n) is 43.8. The molecule has 0 saturated heterocycles. The van der Waals surface area contributed by atoms with Gasteiger partial charge in [-0.3, -0.25) is 0 Å². The van der Waals surface area contributed by atoms with Gasteiger partial charge in [0.1, 0.15) is 22.3 Å². The van der Waals surface area contributed by atoms with Gasteiger partial charge in [-0.1, -0.05) is 413 Å². The molecule has 24 aromatic rings. The zero-order valence-electron chi connectivity index (χ0n) is 70.1. The maximum Gasteiger partial charge on any atom is 0.143 e. The first-order chi connectivity index (χ1) is 63.4. The summed E-state index contributed by atoms with van der Waals surface area (Å²) in [5, 5.41) is 6.91. The number of hydrogen-bond donors (Lipinski definition) is 0. The van der Waals surface area contributed by atoms with Crippen LogP contribution in [0.5, 0.6) is 0 Å². The minimum atomic E-state index is 0.898. The van der Waals surface area contributed by atoms with Crippen LogP contribution in [0.15, 0.2) is 507 Å². The van der Waals surface area contributed by atoms with Crippen LogP contribution in [0, 0.1) is 0 Å². The van der Waals surface area contributed by atoms with Crippen molar-refractivity contribution in [3.63, 3.8) is 0 Å². The Morgan fingerprint density at radius 1 is 0.133 bits per heavy atom. The minimum absolute atomic E-state index is 0.898. The highest BCUT2D eigenvalue weighted by Crippen LogP contribution is 2.45. The van der Waals surface area contributed by atoms with Gasteiger partial charge in [0.2, 0.25) is 0 Å². The van der Waals surface area contributed by atoms with E-state index in [1.165, 1.54) is 139 Å². The molecule has 0 aliphatic heterocycles. The van der Waals surface area contributed by atoms with Gasteiger partial charge in [0.25, 0.3) is 0 Å². The molecule has 0 aliphatic rings. The molecule has 600 valence electrons. The quantitative estimate of drug-likeness (QED) is 0.0967. The van der Waals surface area contributed by atoms with Crippen LogP contribution in [-0.4, -0.2) is 9.13 Å². The molecule has 0 fully saturated rings. The van der Waals surface area contributed by atoms with E-state index in [1.807, 2.05) is 0 Å². The Morgan fingerprint density at radius 3 is 0.648 bits per heavy atom. The van der Waals surface area contributed by atoms with Crippen molar-refractivity contribution < 1.29 is 8.83 Å². The molecule has 0 spiro atoms. The van der Waals surface area contributed by atoms with Crippen LogP contribution >= 0.6 is 0 Å². The third-order valence-corrected chi connectivity index (χ3v) is 25.4. The Labute approximate surface area is 743 Å². The van der Waals surface area contributed by atoms with Crippen LogP contribution in [0.3, 0.4) is 0 Å². The van der Waals surface area contributed by atoms with E-state index >= 15 is 0 Å². The fourth-order valence-electron chi connectivity index (χ4n) is 18.6. The number of nitrogens with zero attached hydrogens (tertiary/aromatic N) is 2. The summed E-state index contributed by atoms with van der Waals surface area (Å²) in [6.07, 6.45) is 4.61. The molecular formula is C124H82N2O2. The van der Waals surface area contributed by atoms with E-state index in [4.69, 9.17) is 8.83 Å². The fraction of sp³-hybridized carbons (Fsp3) is 0. The summed E-state index contributed by atoms with van der Waals surface area (Å²) < 4.78 is 17.7. The van der Waals surface area contributed by atoms with Crippen molar-refractivity contribution in [2.75, 3.05) is 0 Å². The molecule has 0 aliphatic carbocycles. The molecule has 128 heavy (non-hydrogen) atoms. The van der Waals surface area contributed by atoms with Crippen molar-refractivity contribution in [2.24, 2.45) is 0 Å². The molecule has 4 nitrogen and oxygen atoms in total. The van der Waals surface area contributed by atoms with E-state index in [1.54, 1.807) is 0 Å². The van der Waals surface area contributed by atoms with Gasteiger partial charge in [-0.05, 0) is 206 Å². The number of fused-ring (bicyclic) bond motifs is 8. The lowest BCUT2D eigenvalue weighted by Gasteiger charge is -2.09. The van der Waals surface area contributed by atoms with Crippen LogP contribution in [-0.2, 0) is 0 Å². The molecule has 0 radical (unpaired) electrons. The van der Waals surface area contributed by atoms with E-state index in [0.29, 0.717) is 0 Å². The minimum Gasteiger partial charge on any atom is -0.456 e. The Hall–Kier alpha value is -16.9. The van der Waals surface area contributed by atoms with Gasteiger partial charge < -0.3 is 18.0 Å². The van der Waals surface area contributed by atoms with Crippen molar-refractivity contribution in [1.29, 1.82) is 0 Å². The molecule has 0 bridgehead atoms. The molecule has 20 aromatic carbocycles. The first-order valence-corrected chi connectivity index (χ1v) is 43.8. The van der Waals surface area contributed by atoms with Crippen molar-refractivity contribution in [2.45, 2.75) is 0 Å². The van der Waals surface area contributed by atoms with E-state index in [2.05, 4.69) is 507 Å². The Kier molecular flexibility index (Phi) is 19.6. The maximum atomic E-state index is 6.80. The molecule has 0 unspecified atom stereocenters. The van der Waals surface area contributed by atoms with Crippen molar-refractivity contribution in [3.8, 4) is 167 Å². The normalized spacial score (nSPS) is 11.4. The van der Waals surface area contributed by atoms with Gasteiger partial charge in [-0.2, -0.15) is 0 Å². The van der Waals surface area contributed by atoms with E-state index in [9.17, 15) is 0 Å². The number of hydrogen-bond acceptors (Lipinski definition) is 2. The number of benzene rings is 20. The van der Waals surface area contributed by atoms with Gasteiger partial charge >= 0.3 is 0 Å². The van der Waals surface area contributed by atoms with Gasteiger partial charge in [-0.25, -0.2) is 0 Å². The average Bonchev–Trinajstić information content (AvgIpc) is 1.81. The lowest BCUT2D eigenvalue weighted by Crippen LogP contribution is -1.92. The number of rotatable bonds is 16.